The molecule has 2 aromatic rings. The molecule has 0 fully saturated rings. The Labute approximate surface area is 141 Å². The van der Waals surface area contributed by atoms with Gasteiger partial charge in [0.15, 0.2) is 0 Å². The maximum absolute atomic E-state index is 11.9. The lowest BCUT2D eigenvalue weighted by molar-refractivity contribution is 0.0490. The molecule has 24 heavy (non-hydrogen) atoms. The number of nitrogens with one attached hydrogen (secondary N) is 1. The van der Waals surface area contributed by atoms with Crippen molar-refractivity contribution in [3.63, 3.8) is 0 Å². The van der Waals surface area contributed by atoms with Crippen molar-refractivity contribution in [3.8, 4) is 5.69 Å². The molecule has 0 radical (unpaired) electrons. The fourth-order valence-corrected chi connectivity index (χ4v) is 2.30. The number of aliphatic hydroxyl groups is 1. The molecule has 1 unspecified atom stereocenters. The van der Waals surface area contributed by atoms with Crippen LogP contribution in [0.4, 0.5) is 4.79 Å². The number of benzene rings is 1. The number of carbonyl (C=O) groups excluding carboxylic acids is 1. The third kappa shape index (κ3) is 5.36. The lowest BCUT2D eigenvalue weighted by Crippen LogP contribution is -2.42. The molecule has 1 aromatic carbocycles. The number of nitrogens with zero attached hydrogens (tertiary/aromatic N) is 3. The van der Waals surface area contributed by atoms with Crippen molar-refractivity contribution in [1.29, 1.82) is 0 Å². The van der Waals surface area contributed by atoms with E-state index in [1.807, 2.05) is 41.2 Å². The van der Waals surface area contributed by atoms with Gasteiger partial charge < -0.3 is 20.1 Å². The number of ether oxygens (including phenoxy) is 1. The van der Waals surface area contributed by atoms with Gasteiger partial charge >= 0.3 is 6.03 Å². The van der Waals surface area contributed by atoms with Crippen LogP contribution in [0.15, 0.2) is 42.7 Å². The van der Waals surface area contributed by atoms with E-state index in [4.69, 9.17) is 4.74 Å². The van der Waals surface area contributed by atoms with Gasteiger partial charge in [0.1, 0.15) is 0 Å². The standard InChI is InChI=1S/C17H24N4O3/c1-20(12-16(22)13-24-2)17(23)18-9-8-14-10-19-21(11-14)15-6-4-3-5-7-15/h3-7,10-11,16,22H,8-9,12-13H2,1-2H3,(H,18,23). The first kappa shape index (κ1) is 18.0. The van der Waals surface area contributed by atoms with E-state index in [1.165, 1.54) is 12.0 Å². The Hall–Kier alpha value is -2.38. The number of aliphatic hydroxyl groups excluding tert-OH is 1. The highest BCUT2D eigenvalue weighted by molar-refractivity contribution is 5.73. The molecule has 0 bridgehead atoms. The predicted octanol–water partition coefficient (Wildman–Crippen LogP) is 1.06. The van der Waals surface area contributed by atoms with Crippen LogP contribution < -0.4 is 5.32 Å². The monoisotopic (exact) mass is 332 g/mol. The van der Waals surface area contributed by atoms with E-state index in [-0.39, 0.29) is 19.2 Å². The van der Waals surface area contributed by atoms with Crippen LogP contribution in [0, 0.1) is 0 Å². The number of aromatic nitrogens is 2. The maximum Gasteiger partial charge on any atom is 0.317 e. The lowest BCUT2D eigenvalue weighted by atomic mass is 10.2. The molecule has 0 spiro atoms. The van der Waals surface area contributed by atoms with E-state index < -0.39 is 6.10 Å². The second-order valence-corrected chi connectivity index (χ2v) is 5.60. The van der Waals surface area contributed by atoms with Gasteiger partial charge in [-0.1, -0.05) is 18.2 Å². The molecule has 1 aromatic heterocycles. The van der Waals surface area contributed by atoms with Crippen molar-refractivity contribution in [2.24, 2.45) is 0 Å². The molecule has 0 saturated heterocycles. The SMILES string of the molecule is COCC(O)CN(C)C(=O)NCCc1cnn(-c2ccccc2)c1. The molecule has 7 nitrogen and oxygen atoms in total. The average molecular weight is 332 g/mol. The molecule has 130 valence electrons. The number of amides is 2. The summed E-state index contributed by atoms with van der Waals surface area (Å²) in [6.07, 6.45) is 3.75. The van der Waals surface area contributed by atoms with Gasteiger partial charge in [-0.2, -0.15) is 5.10 Å². The van der Waals surface area contributed by atoms with Gasteiger partial charge in [0.05, 0.1) is 31.1 Å². The largest absolute Gasteiger partial charge is 0.389 e. The summed E-state index contributed by atoms with van der Waals surface area (Å²) >= 11 is 0. The zero-order valence-electron chi connectivity index (χ0n) is 14.1. The third-order valence-electron chi connectivity index (χ3n) is 3.54. The van der Waals surface area contributed by atoms with Crippen LogP contribution in [0.5, 0.6) is 0 Å². The van der Waals surface area contributed by atoms with E-state index in [0.717, 1.165) is 11.3 Å². The molecule has 1 heterocycles. The number of carbonyl (C=O) groups is 1. The summed E-state index contributed by atoms with van der Waals surface area (Å²) in [5.41, 5.74) is 2.04. The molecular formula is C17H24N4O3. The van der Waals surface area contributed by atoms with Gasteiger partial charge in [-0.15, -0.1) is 0 Å². The molecule has 1 atom stereocenters. The zero-order valence-corrected chi connectivity index (χ0v) is 14.1. The number of likely N-dealkylation sites (N-methyl/N-ethyl adjacent to an activating group) is 1. The third-order valence-corrected chi connectivity index (χ3v) is 3.54. The van der Waals surface area contributed by atoms with Crippen molar-refractivity contribution in [3.05, 3.63) is 48.3 Å². The second-order valence-electron chi connectivity index (χ2n) is 5.60. The average Bonchev–Trinajstić information content (AvgIpc) is 3.04. The van der Waals surface area contributed by atoms with Crippen LogP contribution in [0.1, 0.15) is 5.56 Å². The predicted molar refractivity (Wildman–Crippen MR) is 91.2 cm³/mol. The molecule has 2 N–H and O–H groups in total. The van der Waals surface area contributed by atoms with E-state index in [0.29, 0.717) is 13.0 Å². The number of urea groups is 1. The Kier molecular flexibility index (Phi) is 6.77. The molecule has 2 amide bonds. The lowest BCUT2D eigenvalue weighted by Gasteiger charge is -2.20. The first-order valence-corrected chi connectivity index (χ1v) is 7.85. The Morgan fingerprint density at radius 1 is 1.42 bits per heavy atom. The minimum atomic E-state index is -0.685. The highest BCUT2D eigenvalue weighted by Gasteiger charge is 2.13. The Morgan fingerprint density at radius 3 is 2.88 bits per heavy atom. The van der Waals surface area contributed by atoms with Gasteiger partial charge in [0, 0.05) is 26.9 Å². The van der Waals surface area contributed by atoms with Crippen LogP contribution in [-0.4, -0.2) is 65.8 Å². The Balaban J connectivity index is 1.76. The summed E-state index contributed by atoms with van der Waals surface area (Å²) in [7, 11) is 3.15. The van der Waals surface area contributed by atoms with Crippen molar-refractivity contribution < 1.29 is 14.6 Å². The Bertz CT molecular complexity index is 630. The maximum atomic E-state index is 11.9. The van der Waals surface area contributed by atoms with Crippen LogP contribution in [0.3, 0.4) is 0 Å². The molecule has 0 aliphatic carbocycles. The summed E-state index contributed by atoms with van der Waals surface area (Å²) in [6.45, 7) is 0.936. The van der Waals surface area contributed by atoms with Crippen molar-refractivity contribution in [2.45, 2.75) is 12.5 Å². The zero-order chi connectivity index (χ0) is 17.4. The van der Waals surface area contributed by atoms with Crippen LogP contribution in [0.25, 0.3) is 5.69 Å². The van der Waals surface area contributed by atoms with E-state index in [1.54, 1.807) is 13.2 Å². The highest BCUT2D eigenvalue weighted by atomic mass is 16.5. The normalized spacial score (nSPS) is 12.0. The first-order chi connectivity index (χ1) is 11.6. The van der Waals surface area contributed by atoms with Gasteiger partial charge in [-0.25, -0.2) is 9.48 Å². The second kappa shape index (κ2) is 9.05. The summed E-state index contributed by atoms with van der Waals surface area (Å²) in [6, 6.07) is 9.64. The molecular weight excluding hydrogens is 308 g/mol. The summed E-state index contributed by atoms with van der Waals surface area (Å²) in [5, 5.41) is 16.8. The molecule has 0 aliphatic rings. The summed E-state index contributed by atoms with van der Waals surface area (Å²) in [5.74, 6) is 0. The number of para-hydroxylation sites is 1. The Morgan fingerprint density at radius 2 is 2.17 bits per heavy atom. The van der Waals surface area contributed by atoms with Crippen LogP contribution in [0.2, 0.25) is 0 Å². The number of hydrogen-bond donors (Lipinski definition) is 2. The van der Waals surface area contributed by atoms with Crippen molar-refractivity contribution >= 4 is 6.03 Å². The van der Waals surface area contributed by atoms with E-state index >= 15 is 0 Å². The molecule has 2 rings (SSSR count). The highest BCUT2D eigenvalue weighted by Crippen LogP contribution is 2.07. The minimum absolute atomic E-state index is 0.205. The number of methoxy groups -OCH3 is 1. The quantitative estimate of drug-likeness (QED) is 0.758. The van der Waals surface area contributed by atoms with E-state index in [9.17, 15) is 9.90 Å². The molecule has 7 heteroatoms. The van der Waals surface area contributed by atoms with Gasteiger partial charge in [-0.3, -0.25) is 0 Å². The smallest absolute Gasteiger partial charge is 0.317 e. The fourth-order valence-electron chi connectivity index (χ4n) is 2.30. The van der Waals surface area contributed by atoms with Crippen molar-refractivity contribution in [2.75, 3.05) is 33.9 Å². The first-order valence-electron chi connectivity index (χ1n) is 7.85. The van der Waals surface area contributed by atoms with Crippen LogP contribution >= 0.6 is 0 Å². The molecule has 0 aliphatic heterocycles. The molecule has 0 saturated carbocycles. The minimum Gasteiger partial charge on any atom is -0.389 e. The fraction of sp³-hybridized carbons (Fsp3) is 0.412. The topological polar surface area (TPSA) is 79.6 Å². The van der Waals surface area contributed by atoms with E-state index in [2.05, 4.69) is 10.4 Å². The van der Waals surface area contributed by atoms with Gasteiger partial charge in [-0.05, 0) is 24.1 Å². The van der Waals surface area contributed by atoms with Gasteiger partial charge in [0.25, 0.3) is 0 Å². The summed E-state index contributed by atoms with van der Waals surface area (Å²) in [4.78, 5) is 13.4. The number of rotatable bonds is 8. The van der Waals surface area contributed by atoms with Crippen molar-refractivity contribution in [1.82, 2.24) is 20.0 Å². The summed E-state index contributed by atoms with van der Waals surface area (Å²) < 4.78 is 6.65. The number of hydrogen-bond acceptors (Lipinski definition) is 4. The van der Waals surface area contributed by atoms with Gasteiger partial charge in [0.2, 0.25) is 0 Å². The van der Waals surface area contributed by atoms with Crippen LogP contribution in [-0.2, 0) is 11.2 Å².